The van der Waals surface area contributed by atoms with E-state index >= 15 is 0 Å². The Kier molecular flexibility index (Phi) is 3.71. The summed E-state index contributed by atoms with van der Waals surface area (Å²) in [6, 6.07) is 12.1. The average molecular weight is 362 g/mol. The summed E-state index contributed by atoms with van der Waals surface area (Å²) in [4.78, 5) is 8.71. The predicted octanol–water partition coefficient (Wildman–Crippen LogP) is 4.40. The van der Waals surface area contributed by atoms with Gasteiger partial charge in [0.15, 0.2) is 12.2 Å². The van der Waals surface area contributed by atoms with Crippen molar-refractivity contribution in [3.05, 3.63) is 42.5 Å². The van der Waals surface area contributed by atoms with Crippen LogP contribution in [0.1, 0.15) is 0 Å². The third kappa shape index (κ3) is 3.15. The zero-order valence-corrected chi connectivity index (χ0v) is 13.5. The maximum absolute atomic E-state index is 12.2. The van der Waals surface area contributed by atoms with Gasteiger partial charge in [0.2, 0.25) is 5.95 Å². The molecule has 0 amide bonds. The number of benzene rings is 2. The lowest BCUT2D eigenvalue weighted by Gasteiger charge is -2.08. The Balaban J connectivity index is 1.59. The second kappa shape index (κ2) is 5.94. The molecule has 0 aliphatic heterocycles. The van der Waals surface area contributed by atoms with Gasteiger partial charge in [0.1, 0.15) is 11.3 Å². The van der Waals surface area contributed by atoms with E-state index in [1.54, 1.807) is 0 Å². The fraction of sp³-hybridized carbons (Fsp3) is 0.176. The van der Waals surface area contributed by atoms with Crippen molar-refractivity contribution >= 4 is 34.1 Å². The maximum Gasteiger partial charge on any atom is 0.422 e. The smallest absolute Gasteiger partial charge is 0.422 e. The normalized spacial score (nSPS) is 12.0. The Bertz CT molecular complexity index is 1080. The first kappa shape index (κ1) is 16.2. The summed E-state index contributed by atoms with van der Waals surface area (Å²) < 4.78 is 48.9. The van der Waals surface area contributed by atoms with Crippen LogP contribution >= 0.6 is 0 Å². The van der Waals surface area contributed by atoms with E-state index in [4.69, 9.17) is 9.15 Å². The van der Waals surface area contributed by atoms with Crippen molar-refractivity contribution in [2.45, 2.75) is 6.18 Å². The van der Waals surface area contributed by atoms with Crippen LogP contribution in [-0.4, -0.2) is 27.3 Å². The van der Waals surface area contributed by atoms with E-state index in [9.17, 15) is 13.2 Å². The van der Waals surface area contributed by atoms with E-state index in [1.165, 1.54) is 18.2 Å². The summed E-state index contributed by atoms with van der Waals surface area (Å²) >= 11 is 0. The summed E-state index contributed by atoms with van der Waals surface area (Å²) in [5.74, 6) is 0.589. The molecule has 0 saturated heterocycles. The molecule has 2 heterocycles. The first-order chi connectivity index (χ1) is 12.4. The number of hydrogen-bond acceptors (Lipinski definition) is 5. The predicted molar refractivity (Wildman–Crippen MR) is 89.6 cm³/mol. The number of rotatable bonds is 4. The molecule has 0 atom stereocenters. The molecular weight excluding hydrogens is 349 g/mol. The molecular formula is C17H13F3N4O2. The number of halogens is 3. The van der Waals surface area contributed by atoms with Crippen molar-refractivity contribution < 1.29 is 22.3 Å². The lowest BCUT2D eigenvalue weighted by atomic mass is 10.3. The molecule has 4 aromatic rings. The summed E-state index contributed by atoms with van der Waals surface area (Å²) in [5.41, 5.74) is 2.56. The first-order valence-electron chi connectivity index (χ1n) is 7.68. The number of nitrogens with one attached hydrogen (secondary N) is 1. The van der Waals surface area contributed by atoms with Crippen molar-refractivity contribution in [3.8, 4) is 5.75 Å². The van der Waals surface area contributed by atoms with E-state index in [1.807, 2.05) is 35.9 Å². The number of aromatic nitrogens is 3. The number of para-hydroxylation sites is 2. The van der Waals surface area contributed by atoms with Crippen LogP contribution in [0.4, 0.5) is 25.1 Å². The minimum Gasteiger partial charge on any atom is -0.484 e. The summed E-state index contributed by atoms with van der Waals surface area (Å²) in [5, 5.41) is 2.98. The monoisotopic (exact) mass is 362 g/mol. The van der Waals surface area contributed by atoms with Gasteiger partial charge in [-0.15, -0.1) is 0 Å². The van der Waals surface area contributed by atoms with Crippen molar-refractivity contribution in [1.82, 2.24) is 14.5 Å². The van der Waals surface area contributed by atoms with Crippen LogP contribution < -0.4 is 10.1 Å². The van der Waals surface area contributed by atoms with Crippen molar-refractivity contribution in [2.75, 3.05) is 11.9 Å². The number of imidazole rings is 1. The SMILES string of the molecule is Cn1c(Nc2nc3ccc(OCC(F)(F)F)cc3o2)nc2ccccc21. The highest BCUT2D eigenvalue weighted by Crippen LogP contribution is 2.27. The topological polar surface area (TPSA) is 65.1 Å². The minimum atomic E-state index is -4.40. The van der Waals surface area contributed by atoms with E-state index in [0.29, 0.717) is 17.0 Å². The van der Waals surface area contributed by atoms with Gasteiger partial charge in [-0.2, -0.15) is 18.2 Å². The van der Waals surface area contributed by atoms with Gasteiger partial charge in [0, 0.05) is 13.1 Å². The molecule has 4 rings (SSSR count). The molecule has 9 heteroatoms. The highest BCUT2D eigenvalue weighted by atomic mass is 19.4. The maximum atomic E-state index is 12.2. The fourth-order valence-corrected chi connectivity index (χ4v) is 2.57. The van der Waals surface area contributed by atoms with Gasteiger partial charge >= 0.3 is 12.2 Å². The molecule has 2 aromatic carbocycles. The quantitative estimate of drug-likeness (QED) is 0.583. The molecule has 6 nitrogen and oxygen atoms in total. The highest BCUT2D eigenvalue weighted by Gasteiger charge is 2.28. The third-order valence-corrected chi connectivity index (χ3v) is 3.77. The van der Waals surface area contributed by atoms with Crippen molar-refractivity contribution in [1.29, 1.82) is 0 Å². The van der Waals surface area contributed by atoms with Gasteiger partial charge in [-0.3, -0.25) is 5.32 Å². The first-order valence-corrected chi connectivity index (χ1v) is 7.68. The second-order valence-electron chi connectivity index (χ2n) is 5.66. The Morgan fingerprint density at radius 3 is 2.69 bits per heavy atom. The molecule has 26 heavy (non-hydrogen) atoms. The highest BCUT2D eigenvalue weighted by molar-refractivity contribution is 5.80. The van der Waals surface area contributed by atoms with Gasteiger partial charge in [-0.25, -0.2) is 4.98 Å². The molecule has 0 fully saturated rings. The molecule has 0 spiro atoms. The summed E-state index contributed by atoms with van der Waals surface area (Å²) in [6.07, 6.45) is -4.40. The second-order valence-corrected chi connectivity index (χ2v) is 5.66. The van der Waals surface area contributed by atoms with E-state index < -0.39 is 12.8 Å². The van der Waals surface area contributed by atoms with Gasteiger partial charge in [0.25, 0.3) is 0 Å². The molecule has 2 aromatic heterocycles. The molecule has 1 N–H and O–H groups in total. The molecule has 0 aliphatic carbocycles. The minimum absolute atomic E-state index is 0.0558. The van der Waals surface area contributed by atoms with Crippen LogP contribution in [0.25, 0.3) is 22.1 Å². The average Bonchev–Trinajstić information content (AvgIpc) is 3.13. The number of fused-ring (bicyclic) bond motifs is 2. The number of anilines is 2. The molecule has 0 aliphatic rings. The van der Waals surface area contributed by atoms with Crippen LogP contribution in [0.3, 0.4) is 0 Å². The van der Waals surface area contributed by atoms with Crippen molar-refractivity contribution in [3.63, 3.8) is 0 Å². The number of aryl methyl sites for hydroxylation is 1. The molecule has 134 valence electrons. The Morgan fingerprint density at radius 2 is 1.92 bits per heavy atom. The molecule has 0 bridgehead atoms. The van der Waals surface area contributed by atoms with E-state index in [0.717, 1.165) is 11.0 Å². The Morgan fingerprint density at radius 1 is 1.12 bits per heavy atom. The van der Waals surface area contributed by atoms with Crippen LogP contribution in [0, 0.1) is 0 Å². The molecule has 0 radical (unpaired) electrons. The van der Waals surface area contributed by atoms with E-state index in [2.05, 4.69) is 15.3 Å². The summed E-state index contributed by atoms with van der Waals surface area (Å²) in [7, 11) is 1.85. The van der Waals surface area contributed by atoms with Gasteiger partial charge in [-0.1, -0.05) is 12.1 Å². The van der Waals surface area contributed by atoms with Crippen LogP contribution in [-0.2, 0) is 7.05 Å². The summed E-state index contributed by atoms with van der Waals surface area (Å²) in [6.45, 7) is -1.36. The van der Waals surface area contributed by atoms with Crippen LogP contribution in [0.15, 0.2) is 46.9 Å². The standard InChI is InChI=1S/C17H13F3N4O2/c1-24-13-5-3-2-4-11(13)21-15(24)23-16-22-12-7-6-10(8-14(12)26-16)25-9-17(18,19)20/h2-8H,9H2,1H3,(H,21,22,23). The van der Waals surface area contributed by atoms with Gasteiger partial charge in [-0.05, 0) is 24.3 Å². The number of hydrogen-bond donors (Lipinski definition) is 1. The van der Waals surface area contributed by atoms with Gasteiger partial charge in [0.05, 0.1) is 11.0 Å². The fourth-order valence-electron chi connectivity index (χ4n) is 2.57. The molecule has 0 unspecified atom stereocenters. The number of ether oxygens (including phenoxy) is 1. The zero-order chi connectivity index (χ0) is 18.3. The lowest BCUT2D eigenvalue weighted by molar-refractivity contribution is -0.153. The molecule has 0 saturated carbocycles. The number of nitrogens with zero attached hydrogens (tertiary/aromatic N) is 3. The zero-order valence-electron chi connectivity index (χ0n) is 13.5. The number of oxazole rings is 1. The van der Waals surface area contributed by atoms with Gasteiger partial charge < -0.3 is 13.7 Å². The van der Waals surface area contributed by atoms with Crippen LogP contribution in [0.5, 0.6) is 5.75 Å². The lowest BCUT2D eigenvalue weighted by Crippen LogP contribution is -2.19. The van der Waals surface area contributed by atoms with E-state index in [-0.39, 0.29) is 11.8 Å². The number of alkyl halides is 3. The Labute approximate surface area is 145 Å². The third-order valence-electron chi connectivity index (χ3n) is 3.77. The largest absolute Gasteiger partial charge is 0.484 e. The van der Waals surface area contributed by atoms with Crippen molar-refractivity contribution in [2.24, 2.45) is 7.05 Å². The van der Waals surface area contributed by atoms with Crippen LogP contribution in [0.2, 0.25) is 0 Å². The Hall–Kier alpha value is -3.23.